The maximum atomic E-state index is 5.72. The Morgan fingerprint density at radius 2 is 1.78 bits per heavy atom. The first-order chi connectivity index (χ1) is 8.69. The summed E-state index contributed by atoms with van der Waals surface area (Å²) in [6.45, 7) is 6.22. The molecule has 0 unspecified atom stereocenters. The molecule has 0 aliphatic heterocycles. The van der Waals surface area contributed by atoms with E-state index in [9.17, 15) is 0 Å². The quantitative estimate of drug-likeness (QED) is 0.827. The van der Waals surface area contributed by atoms with Crippen LogP contribution in [0.25, 0.3) is 0 Å². The average molecular weight is 240 g/mol. The van der Waals surface area contributed by atoms with Gasteiger partial charge in [-0.3, -0.25) is 0 Å². The molecule has 0 heterocycles. The van der Waals surface area contributed by atoms with Gasteiger partial charge in [0.05, 0.1) is 0 Å². The van der Waals surface area contributed by atoms with Crippen molar-refractivity contribution in [2.45, 2.75) is 20.4 Å². The highest BCUT2D eigenvalue weighted by molar-refractivity contribution is 5.53. The van der Waals surface area contributed by atoms with Gasteiger partial charge in [-0.15, -0.1) is 0 Å². The highest BCUT2D eigenvalue weighted by atomic mass is 15.1. The smallest absolute Gasteiger partial charge is 0.0429 e. The maximum absolute atomic E-state index is 5.72. The molecule has 2 aromatic carbocycles. The molecule has 0 aliphatic rings. The van der Waals surface area contributed by atoms with Gasteiger partial charge in [0.1, 0.15) is 0 Å². The van der Waals surface area contributed by atoms with E-state index < -0.39 is 0 Å². The third-order valence-electron chi connectivity index (χ3n) is 3.10. The SMILES string of the molecule is CCN(Cc1cccc(C)c1)c1ccc(N)cc1. The number of nitrogens with zero attached hydrogens (tertiary/aromatic N) is 1. The largest absolute Gasteiger partial charge is 0.399 e. The first kappa shape index (κ1) is 12.5. The van der Waals surface area contributed by atoms with E-state index in [0.29, 0.717) is 0 Å². The lowest BCUT2D eigenvalue weighted by Crippen LogP contribution is -2.21. The second-order valence-corrected chi connectivity index (χ2v) is 4.59. The van der Waals surface area contributed by atoms with Gasteiger partial charge in [-0.1, -0.05) is 29.8 Å². The zero-order chi connectivity index (χ0) is 13.0. The molecule has 2 aromatic rings. The van der Waals surface area contributed by atoms with Gasteiger partial charge in [0.15, 0.2) is 0 Å². The summed E-state index contributed by atoms with van der Waals surface area (Å²) in [5, 5.41) is 0. The molecule has 0 aromatic heterocycles. The molecule has 2 N–H and O–H groups in total. The van der Waals surface area contributed by atoms with Crippen LogP contribution < -0.4 is 10.6 Å². The number of nitrogens with two attached hydrogens (primary N) is 1. The summed E-state index contributed by atoms with van der Waals surface area (Å²) in [4.78, 5) is 2.34. The van der Waals surface area contributed by atoms with Crippen molar-refractivity contribution in [1.82, 2.24) is 0 Å². The highest BCUT2D eigenvalue weighted by Crippen LogP contribution is 2.19. The molecule has 0 radical (unpaired) electrons. The van der Waals surface area contributed by atoms with Crippen LogP contribution in [0.3, 0.4) is 0 Å². The van der Waals surface area contributed by atoms with Crippen molar-refractivity contribution in [2.24, 2.45) is 0 Å². The van der Waals surface area contributed by atoms with Crippen molar-refractivity contribution in [1.29, 1.82) is 0 Å². The van der Waals surface area contributed by atoms with Gasteiger partial charge in [0.25, 0.3) is 0 Å². The third kappa shape index (κ3) is 3.04. The molecule has 18 heavy (non-hydrogen) atoms. The van der Waals surface area contributed by atoms with Crippen LogP contribution in [0.1, 0.15) is 18.1 Å². The second-order valence-electron chi connectivity index (χ2n) is 4.59. The average Bonchev–Trinajstić information content (AvgIpc) is 2.37. The Bertz CT molecular complexity index is 503. The molecule has 0 aliphatic carbocycles. The van der Waals surface area contributed by atoms with E-state index in [1.54, 1.807) is 0 Å². The fourth-order valence-corrected chi connectivity index (χ4v) is 2.10. The number of hydrogen-bond donors (Lipinski definition) is 1. The number of aryl methyl sites for hydroxylation is 1. The first-order valence-electron chi connectivity index (χ1n) is 6.35. The minimum absolute atomic E-state index is 0.811. The Morgan fingerprint density at radius 1 is 1.06 bits per heavy atom. The number of anilines is 2. The Hall–Kier alpha value is -1.96. The molecule has 94 valence electrons. The summed E-state index contributed by atoms with van der Waals surface area (Å²) in [7, 11) is 0. The van der Waals surface area contributed by atoms with Crippen LogP contribution in [0.4, 0.5) is 11.4 Å². The maximum Gasteiger partial charge on any atom is 0.0429 e. The van der Waals surface area contributed by atoms with Crippen LogP contribution in [-0.4, -0.2) is 6.54 Å². The number of nitrogen functional groups attached to an aromatic ring is 1. The van der Waals surface area contributed by atoms with Crippen molar-refractivity contribution in [2.75, 3.05) is 17.2 Å². The Labute approximate surface area is 109 Å². The minimum Gasteiger partial charge on any atom is -0.399 e. The predicted molar refractivity (Wildman–Crippen MR) is 78.8 cm³/mol. The Morgan fingerprint density at radius 3 is 2.39 bits per heavy atom. The highest BCUT2D eigenvalue weighted by Gasteiger charge is 2.05. The summed E-state index contributed by atoms with van der Waals surface area (Å²) in [5.74, 6) is 0. The van der Waals surface area contributed by atoms with Crippen LogP contribution >= 0.6 is 0 Å². The van der Waals surface area contributed by atoms with Crippen LogP contribution in [-0.2, 0) is 6.54 Å². The monoisotopic (exact) mass is 240 g/mol. The molecule has 0 spiro atoms. The predicted octanol–water partition coefficient (Wildman–Crippen LogP) is 3.60. The number of benzene rings is 2. The third-order valence-corrected chi connectivity index (χ3v) is 3.10. The summed E-state index contributed by atoms with van der Waals surface area (Å²) < 4.78 is 0. The molecule has 2 heteroatoms. The Kier molecular flexibility index (Phi) is 3.88. The van der Waals surface area contributed by atoms with Crippen LogP contribution in [0, 0.1) is 6.92 Å². The van der Waals surface area contributed by atoms with Crippen molar-refractivity contribution in [3.05, 3.63) is 59.7 Å². The summed E-state index contributed by atoms with van der Waals surface area (Å²) in [6, 6.07) is 16.7. The lowest BCUT2D eigenvalue weighted by atomic mass is 10.1. The summed E-state index contributed by atoms with van der Waals surface area (Å²) in [6.07, 6.45) is 0. The van der Waals surface area contributed by atoms with Gasteiger partial charge in [0, 0.05) is 24.5 Å². The minimum atomic E-state index is 0.811. The van der Waals surface area contributed by atoms with Gasteiger partial charge >= 0.3 is 0 Å². The first-order valence-corrected chi connectivity index (χ1v) is 6.35. The summed E-state index contributed by atoms with van der Waals surface area (Å²) in [5.41, 5.74) is 10.4. The molecule has 0 saturated heterocycles. The number of rotatable bonds is 4. The lowest BCUT2D eigenvalue weighted by molar-refractivity contribution is 0.831. The zero-order valence-corrected chi connectivity index (χ0v) is 11.1. The van der Waals surface area contributed by atoms with E-state index in [4.69, 9.17) is 5.73 Å². The second kappa shape index (κ2) is 5.58. The molecular weight excluding hydrogens is 220 g/mol. The van der Waals surface area contributed by atoms with Gasteiger partial charge in [-0.2, -0.15) is 0 Å². The molecule has 2 nitrogen and oxygen atoms in total. The number of hydrogen-bond acceptors (Lipinski definition) is 2. The van der Waals surface area contributed by atoms with E-state index in [1.807, 2.05) is 12.1 Å². The summed E-state index contributed by atoms with van der Waals surface area (Å²) >= 11 is 0. The van der Waals surface area contributed by atoms with Gasteiger partial charge in [-0.05, 0) is 43.7 Å². The molecule has 0 fully saturated rings. The molecule has 2 rings (SSSR count). The Balaban J connectivity index is 2.17. The topological polar surface area (TPSA) is 29.3 Å². The normalized spacial score (nSPS) is 10.3. The molecular formula is C16H20N2. The van der Waals surface area contributed by atoms with Gasteiger partial charge in [0.2, 0.25) is 0 Å². The van der Waals surface area contributed by atoms with E-state index in [0.717, 1.165) is 18.8 Å². The van der Waals surface area contributed by atoms with E-state index >= 15 is 0 Å². The zero-order valence-electron chi connectivity index (χ0n) is 11.1. The fourth-order valence-electron chi connectivity index (χ4n) is 2.10. The van der Waals surface area contributed by atoms with Crippen molar-refractivity contribution < 1.29 is 0 Å². The van der Waals surface area contributed by atoms with Gasteiger partial charge < -0.3 is 10.6 Å². The van der Waals surface area contributed by atoms with E-state index in [1.165, 1.54) is 16.8 Å². The fraction of sp³-hybridized carbons (Fsp3) is 0.250. The van der Waals surface area contributed by atoms with Crippen molar-refractivity contribution >= 4 is 11.4 Å². The van der Waals surface area contributed by atoms with Crippen LogP contribution in [0.15, 0.2) is 48.5 Å². The van der Waals surface area contributed by atoms with E-state index in [2.05, 4.69) is 55.1 Å². The van der Waals surface area contributed by atoms with Crippen LogP contribution in [0.2, 0.25) is 0 Å². The van der Waals surface area contributed by atoms with Crippen LogP contribution in [0.5, 0.6) is 0 Å². The van der Waals surface area contributed by atoms with E-state index in [-0.39, 0.29) is 0 Å². The molecule has 0 saturated carbocycles. The van der Waals surface area contributed by atoms with Crippen molar-refractivity contribution in [3.8, 4) is 0 Å². The standard InChI is InChI=1S/C16H20N2/c1-3-18(16-9-7-15(17)8-10-16)12-14-6-4-5-13(2)11-14/h4-11H,3,12,17H2,1-2H3. The lowest BCUT2D eigenvalue weighted by Gasteiger charge is -2.23. The van der Waals surface area contributed by atoms with Crippen molar-refractivity contribution in [3.63, 3.8) is 0 Å². The van der Waals surface area contributed by atoms with Gasteiger partial charge in [-0.25, -0.2) is 0 Å². The molecule has 0 amide bonds. The molecule has 0 bridgehead atoms. The molecule has 0 atom stereocenters.